The van der Waals surface area contributed by atoms with Crippen LogP contribution in [-0.2, 0) is 16.0 Å². The number of amides is 2. The molecule has 2 fully saturated rings. The van der Waals surface area contributed by atoms with Crippen LogP contribution in [0.4, 0.5) is 0 Å². The highest BCUT2D eigenvalue weighted by Crippen LogP contribution is 2.39. The third kappa shape index (κ3) is 7.04. The molecule has 1 aromatic carbocycles. The highest BCUT2D eigenvalue weighted by Gasteiger charge is 2.43. The average Bonchev–Trinajstić information content (AvgIpc) is 3.16. The van der Waals surface area contributed by atoms with E-state index in [0.717, 1.165) is 83.0 Å². The molecule has 0 aromatic heterocycles. The first-order valence-electron chi connectivity index (χ1n) is 14.8. The fourth-order valence-corrected chi connectivity index (χ4v) is 6.60. The molecule has 5 nitrogen and oxygen atoms in total. The Morgan fingerprint density at radius 1 is 1.00 bits per heavy atom. The van der Waals surface area contributed by atoms with Crippen LogP contribution in [0.25, 0.3) is 0 Å². The van der Waals surface area contributed by atoms with E-state index in [1.165, 1.54) is 31.2 Å². The van der Waals surface area contributed by atoms with Crippen LogP contribution in [-0.4, -0.2) is 42.5 Å². The van der Waals surface area contributed by atoms with Gasteiger partial charge in [0.05, 0.1) is 11.5 Å². The summed E-state index contributed by atoms with van der Waals surface area (Å²) in [5.41, 5.74) is 0.905. The van der Waals surface area contributed by atoms with Crippen LogP contribution in [0.3, 0.4) is 0 Å². The Bertz CT molecular complexity index is 851. The summed E-state index contributed by atoms with van der Waals surface area (Å²) in [6.45, 7) is 6.35. The van der Waals surface area contributed by atoms with Gasteiger partial charge in [0.25, 0.3) is 0 Å². The minimum absolute atomic E-state index is 0.00571. The summed E-state index contributed by atoms with van der Waals surface area (Å²) >= 11 is 0. The van der Waals surface area contributed by atoms with Crippen molar-refractivity contribution in [1.29, 1.82) is 0 Å². The van der Waals surface area contributed by atoms with Gasteiger partial charge in [-0.15, -0.1) is 0 Å². The number of fused-ring (bicyclic) bond motifs is 1. The zero-order valence-electron chi connectivity index (χ0n) is 22.7. The van der Waals surface area contributed by atoms with Gasteiger partial charge in [-0.05, 0) is 68.9 Å². The number of hydrogen-bond donors (Lipinski definition) is 1. The van der Waals surface area contributed by atoms with Crippen molar-refractivity contribution in [2.45, 2.75) is 110 Å². The second-order valence-corrected chi connectivity index (χ2v) is 12.1. The molecule has 5 heteroatoms. The maximum absolute atomic E-state index is 13.9. The second kappa shape index (κ2) is 13.0. The van der Waals surface area contributed by atoms with Gasteiger partial charge in [0.15, 0.2) is 0 Å². The minimum Gasteiger partial charge on any atom is -0.491 e. The molecule has 3 aliphatic rings. The Balaban J connectivity index is 1.45. The molecule has 2 aliphatic heterocycles. The molecule has 36 heavy (non-hydrogen) atoms. The van der Waals surface area contributed by atoms with Crippen LogP contribution in [0.5, 0.6) is 5.75 Å². The van der Waals surface area contributed by atoms with Crippen LogP contribution in [0, 0.1) is 17.3 Å². The number of nitrogens with one attached hydrogen (secondary N) is 1. The van der Waals surface area contributed by atoms with Gasteiger partial charge in [-0.2, -0.15) is 0 Å². The molecular weight excluding hydrogens is 448 g/mol. The van der Waals surface area contributed by atoms with Crippen molar-refractivity contribution in [2.24, 2.45) is 17.3 Å². The Labute approximate surface area is 218 Å². The number of hydrogen-bond acceptors (Lipinski definition) is 3. The summed E-state index contributed by atoms with van der Waals surface area (Å²) < 4.78 is 6.30. The van der Waals surface area contributed by atoms with Crippen molar-refractivity contribution in [2.75, 3.05) is 19.7 Å². The van der Waals surface area contributed by atoms with Gasteiger partial charge in [-0.3, -0.25) is 9.59 Å². The Morgan fingerprint density at radius 2 is 1.69 bits per heavy atom. The van der Waals surface area contributed by atoms with Gasteiger partial charge >= 0.3 is 0 Å². The molecule has 1 aromatic rings. The summed E-state index contributed by atoms with van der Waals surface area (Å²) in [6.07, 6.45) is 14.7. The Hall–Kier alpha value is -2.04. The van der Waals surface area contributed by atoms with Crippen LogP contribution >= 0.6 is 0 Å². The quantitative estimate of drug-likeness (QED) is 0.500. The van der Waals surface area contributed by atoms with E-state index in [1.807, 2.05) is 6.07 Å². The molecule has 1 aliphatic carbocycles. The monoisotopic (exact) mass is 496 g/mol. The van der Waals surface area contributed by atoms with Crippen LogP contribution in [0.2, 0.25) is 0 Å². The summed E-state index contributed by atoms with van der Waals surface area (Å²) in [5.74, 6) is 2.16. The average molecular weight is 497 g/mol. The fourth-order valence-electron chi connectivity index (χ4n) is 6.60. The van der Waals surface area contributed by atoms with E-state index in [2.05, 4.69) is 42.3 Å². The number of likely N-dealkylation sites (tertiary alicyclic amines) is 1. The van der Waals surface area contributed by atoms with E-state index in [4.69, 9.17) is 4.74 Å². The van der Waals surface area contributed by atoms with Gasteiger partial charge in [0.2, 0.25) is 11.8 Å². The topological polar surface area (TPSA) is 58.6 Å². The first-order chi connectivity index (χ1) is 17.5. The van der Waals surface area contributed by atoms with Gasteiger partial charge in [-0.1, -0.05) is 70.6 Å². The number of para-hydroxylation sites is 1. The van der Waals surface area contributed by atoms with E-state index in [1.54, 1.807) is 0 Å². The number of aryl methyl sites for hydroxylation is 1. The SMILES string of the molecule is CC(C)C[C@H]1COc2ccccc2CCCCCC2(CCN(C(=O)C3CCCCCC3)CC2)C(=O)N1. The van der Waals surface area contributed by atoms with Crippen LogP contribution in [0.15, 0.2) is 24.3 Å². The molecule has 1 N–H and O–H groups in total. The summed E-state index contributed by atoms with van der Waals surface area (Å²) in [4.78, 5) is 29.3. The highest BCUT2D eigenvalue weighted by atomic mass is 16.5. The highest BCUT2D eigenvalue weighted by molar-refractivity contribution is 5.84. The van der Waals surface area contributed by atoms with Crippen LogP contribution in [0.1, 0.15) is 103 Å². The van der Waals surface area contributed by atoms with Crippen molar-refractivity contribution >= 4 is 11.8 Å². The molecule has 0 unspecified atom stereocenters. The normalized spacial score (nSPS) is 24.5. The zero-order valence-corrected chi connectivity index (χ0v) is 22.7. The first kappa shape index (κ1) is 27.0. The largest absolute Gasteiger partial charge is 0.491 e. The third-order valence-electron chi connectivity index (χ3n) is 8.82. The van der Waals surface area contributed by atoms with E-state index >= 15 is 0 Å². The molecule has 1 atom stereocenters. The molecule has 1 saturated carbocycles. The van der Waals surface area contributed by atoms with E-state index < -0.39 is 0 Å². The summed E-state index contributed by atoms with van der Waals surface area (Å²) in [7, 11) is 0. The minimum atomic E-state index is -0.365. The molecule has 0 bridgehead atoms. The number of benzene rings is 1. The molecule has 200 valence electrons. The summed E-state index contributed by atoms with van der Waals surface area (Å²) in [6, 6.07) is 8.35. The maximum Gasteiger partial charge on any atom is 0.226 e. The molecule has 1 saturated heterocycles. The standard InChI is InChI=1S/C31H48N2O3/c1-24(2)22-27-23-36-28-16-10-9-13-25(28)12-8-5-11-17-31(30(35)32-27)18-20-33(21-19-31)29(34)26-14-6-3-4-7-15-26/h9-10,13,16,24,26-27H,3-8,11-12,14-15,17-23H2,1-2H3,(H,32,35)/t27-/m0/s1. The Morgan fingerprint density at radius 3 is 2.42 bits per heavy atom. The number of carbonyl (C=O) groups is 2. The number of nitrogens with zero attached hydrogens (tertiary/aromatic N) is 1. The number of piperidine rings is 1. The number of ether oxygens (including phenoxy) is 1. The molecule has 4 rings (SSSR count). The van der Waals surface area contributed by atoms with Crippen molar-refractivity contribution in [3.8, 4) is 5.75 Å². The fraction of sp³-hybridized carbons (Fsp3) is 0.742. The lowest BCUT2D eigenvalue weighted by atomic mass is 9.73. The van der Waals surface area contributed by atoms with E-state index in [9.17, 15) is 9.59 Å². The lowest BCUT2D eigenvalue weighted by Gasteiger charge is -2.42. The number of rotatable bonds is 3. The lowest BCUT2D eigenvalue weighted by Crippen LogP contribution is -2.53. The molecule has 1 spiro atoms. The molecule has 2 heterocycles. The van der Waals surface area contributed by atoms with Crippen molar-refractivity contribution in [3.05, 3.63) is 29.8 Å². The predicted octanol–water partition coefficient (Wildman–Crippen LogP) is 6.29. The van der Waals surface area contributed by atoms with Crippen molar-refractivity contribution in [1.82, 2.24) is 10.2 Å². The number of carbonyl (C=O) groups excluding carboxylic acids is 2. The van der Waals surface area contributed by atoms with Gasteiger partial charge in [-0.25, -0.2) is 0 Å². The zero-order chi connectivity index (χ0) is 25.4. The van der Waals surface area contributed by atoms with E-state index in [-0.39, 0.29) is 23.3 Å². The van der Waals surface area contributed by atoms with E-state index in [0.29, 0.717) is 18.4 Å². The smallest absolute Gasteiger partial charge is 0.226 e. The summed E-state index contributed by atoms with van der Waals surface area (Å²) in [5, 5.41) is 3.43. The van der Waals surface area contributed by atoms with Crippen molar-refractivity contribution in [3.63, 3.8) is 0 Å². The molecule has 2 amide bonds. The van der Waals surface area contributed by atoms with Gasteiger partial charge < -0.3 is 15.0 Å². The predicted molar refractivity (Wildman–Crippen MR) is 145 cm³/mol. The second-order valence-electron chi connectivity index (χ2n) is 12.1. The van der Waals surface area contributed by atoms with Crippen molar-refractivity contribution < 1.29 is 14.3 Å². The third-order valence-corrected chi connectivity index (χ3v) is 8.82. The maximum atomic E-state index is 13.9. The van der Waals surface area contributed by atoms with Gasteiger partial charge in [0, 0.05) is 19.0 Å². The Kier molecular flexibility index (Phi) is 9.73. The lowest BCUT2D eigenvalue weighted by molar-refractivity contribution is -0.144. The van der Waals surface area contributed by atoms with Gasteiger partial charge in [0.1, 0.15) is 12.4 Å². The first-order valence-corrected chi connectivity index (χ1v) is 14.8. The van der Waals surface area contributed by atoms with Crippen LogP contribution < -0.4 is 10.1 Å². The molecule has 0 radical (unpaired) electrons. The molecular formula is C31H48N2O3.